The molecule has 2 amide bonds. The van der Waals surface area contributed by atoms with Crippen molar-refractivity contribution in [3.63, 3.8) is 0 Å². The highest BCUT2D eigenvalue weighted by Crippen LogP contribution is 2.29. The normalized spacial score (nSPS) is 23.3. The first-order valence-corrected chi connectivity index (χ1v) is 7.88. The van der Waals surface area contributed by atoms with Gasteiger partial charge in [-0.3, -0.25) is 9.59 Å². The highest BCUT2D eigenvalue weighted by atomic mass is 16.5. The maximum atomic E-state index is 12.8. The van der Waals surface area contributed by atoms with E-state index in [2.05, 4.69) is 0 Å². The number of hydrogen-bond donors (Lipinski definition) is 1. The van der Waals surface area contributed by atoms with Crippen molar-refractivity contribution < 1.29 is 24.2 Å². The third kappa shape index (κ3) is 2.75. The minimum atomic E-state index is -1.02. The molecule has 128 valence electrons. The maximum absolute atomic E-state index is 12.8. The molecular formula is C17H20N2O5. The zero-order valence-electron chi connectivity index (χ0n) is 13.7. The van der Waals surface area contributed by atoms with Crippen LogP contribution in [0.3, 0.4) is 0 Å². The molecule has 0 aromatic heterocycles. The van der Waals surface area contributed by atoms with Crippen LogP contribution in [0.5, 0.6) is 0 Å². The molecule has 2 aliphatic rings. The lowest BCUT2D eigenvalue weighted by Crippen LogP contribution is -2.40. The molecule has 1 saturated heterocycles. The van der Waals surface area contributed by atoms with Gasteiger partial charge in [0.2, 0.25) is 5.91 Å². The Kier molecular flexibility index (Phi) is 4.28. The molecule has 2 aliphatic heterocycles. The van der Waals surface area contributed by atoms with E-state index in [0.717, 1.165) is 11.3 Å². The fourth-order valence-electron chi connectivity index (χ4n) is 3.38. The Labute approximate surface area is 139 Å². The first-order valence-electron chi connectivity index (χ1n) is 7.88. The summed E-state index contributed by atoms with van der Waals surface area (Å²) in [6, 6.07) is 4.29. The van der Waals surface area contributed by atoms with Gasteiger partial charge in [0.1, 0.15) is 6.04 Å². The number of likely N-dealkylation sites (tertiary alicyclic amines) is 1. The van der Waals surface area contributed by atoms with Gasteiger partial charge in [0, 0.05) is 44.8 Å². The van der Waals surface area contributed by atoms with E-state index in [4.69, 9.17) is 4.74 Å². The van der Waals surface area contributed by atoms with Gasteiger partial charge in [-0.2, -0.15) is 0 Å². The van der Waals surface area contributed by atoms with Crippen LogP contribution in [0.25, 0.3) is 0 Å². The lowest BCUT2D eigenvalue weighted by Gasteiger charge is -2.27. The van der Waals surface area contributed by atoms with Crippen LogP contribution >= 0.6 is 0 Å². The number of aryl methyl sites for hydroxylation is 1. The summed E-state index contributed by atoms with van der Waals surface area (Å²) in [5.74, 6) is -1.29. The number of aliphatic carboxylic acids is 1. The summed E-state index contributed by atoms with van der Waals surface area (Å²) >= 11 is 0. The molecule has 1 N–H and O–H groups in total. The van der Waals surface area contributed by atoms with Gasteiger partial charge in [-0.1, -0.05) is 0 Å². The minimum Gasteiger partial charge on any atom is -0.480 e. The number of benzene rings is 1. The average Bonchev–Trinajstić information content (AvgIpc) is 3.02. The van der Waals surface area contributed by atoms with Crippen LogP contribution < -0.4 is 4.90 Å². The lowest BCUT2D eigenvalue weighted by atomic mass is 9.98. The third-order valence-corrected chi connectivity index (χ3v) is 4.81. The second-order valence-electron chi connectivity index (χ2n) is 6.20. The topological polar surface area (TPSA) is 87.1 Å². The average molecular weight is 332 g/mol. The summed E-state index contributed by atoms with van der Waals surface area (Å²) in [5.41, 5.74) is 2.17. The molecule has 0 aliphatic carbocycles. The van der Waals surface area contributed by atoms with Crippen molar-refractivity contribution >= 4 is 23.5 Å². The number of hydrogen-bond acceptors (Lipinski definition) is 4. The quantitative estimate of drug-likeness (QED) is 0.889. The Balaban J connectivity index is 1.88. The number of carbonyl (C=O) groups excluding carboxylic acids is 2. The van der Waals surface area contributed by atoms with E-state index in [0.29, 0.717) is 24.8 Å². The lowest BCUT2D eigenvalue weighted by molar-refractivity contribution is -0.141. The summed E-state index contributed by atoms with van der Waals surface area (Å²) in [6.45, 7) is 0.266. The Morgan fingerprint density at radius 2 is 2.04 bits per heavy atom. The van der Waals surface area contributed by atoms with E-state index in [-0.39, 0.29) is 24.5 Å². The second kappa shape index (κ2) is 6.24. The van der Waals surface area contributed by atoms with Crippen LogP contribution in [0.2, 0.25) is 0 Å². The number of carboxylic acid groups (broad SMARTS) is 1. The van der Waals surface area contributed by atoms with Crippen molar-refractivity contribution in [2.24, 2.45) is 0 Å². The molecule has 1 fully saturated rings. The van der Waals surface area contributed by atoms with E-state index < -0.39 is 12.0 Å². The molecule has 1 aromatic rings. The Hall–Kier alpha value is -2.41. The SMILES string of the molecule is COC1CC(C(=O)O)N(C(=O)c2ccc3c(c2)CCC(=O)N3C)C1. The molecule has 3 rings (SSSR count). The predicted molar refractivity (Wildman–Crippen MR) is 86.0 cm³/mol. The van der Waals surface area contributed by atoms with Gasteiger partial charge in [-0.25, -0.2) is 4.79 Å². The summed E-state index contributed by atoms with van der Waals surface area (Å²) in [5, 5.41) is 9.36. The van der Waals surface area contributed by atoms with Crippen LogP contribution in [0.1, 0.15) is 28.8 Å². The summed E-state index contributed by atoms with van der Waals surface area (Å²) < 4.78 is 5.22. The first kappa shape index (κ1) is 16.4. The zero-order chi connectivity index (χ0) is 17.4. The largest absolute Gasteiger partial charge is 0.480 e. The van der Waals surface area contributed by atoms with Crippen molar-refractivity contribution in [3.8, 4) is 0 Å². The number of fused-ring (bicyclic) bond motifs is 1. The molecular weight excluding hydrogens is 312 g/mol. The number of rotatable bonds is 3. The van der Waals surface area contributed by atoms with Crippen molar-refractivity contribution in [1.82, 2.24) is 4.90 Å². The Morgan fingerprint density at radius 3 is 2.71 bits per heavy atom. The fraction of sp³-hybridized carbons (Fsp3) is 0.471. The summed E-state index contributed by atoms with van der Waals surface area (Å²) in [4.78, 5) is 38.9. The van der Waals surface area contributed by atoms with E-state index >= 15 is 0 Å². The third-order valence-electron chi connectivity index (χ3n) is 4.81. The predicted octanol–water partition coefficient (Wildman–Crippen LogP) is 0.910. The van der Waals surface area contributed by atoms with Gasteiger partial charge in [0.15, 0.2) is 0 Å². The molecule has 24 heavy (non-hydrogen) atoms. The highest BCUT2D eigenvalue weighted by molar-refractivity contribution is 6.00. The number of anilines is 1. The van der Waals surface area contributed by atoms with Crippen LogP contribution in [-0.2, 0) is 20.7 Å². The van der Waals surface area contributed by atoms with Crippen LogP contribution in [0.15, 0.2) is 18.2 Å². The van der Waals surface area contributed by atoms with E-state index in [1.807, 2.05) is 0 Å². The van der Waals surface area contributed by atoms with Gasteiger partial charge in [-0.15, -0.1) is 0 Å². The molecule has 7 heteroatoms. The van der Waals surface area contributed by atoms with Gasteiger partial charge in [0.05, 0.1) is 6.10 Å². The van der Waals surface area contributed by atoms with Gasteiger partial charge in [-0.05, 0) is 30.2 Å². The summed E-state index contributed by atoms with van der Waals surface area (Å²) in [6.07, 6.45) is 1.02. The number of methoxy groups -OCH3 is 1. The first-order chi connectivity index (χ1) is 11.4. The highest BCUT2D eigenvalue weighted by Gasteiger charge is 2.40. The number of ether oxygens (including phenoxy) is 1. The monoisotopic (exact) mass is 332 g/mol. The Morgan fingerprint density at radius 1 is 1.29 bits per heavy atom. The second-order valence-corrected chi connectivity index (χ2v) is 6.20. The molecule has 2 atom stereocenters. The molecule has 1 aromatic carbocycles. The van der Waals surface area contributed by atoms with Crippen molar-refractivity contribution in [3.05, 3.63) is 29.3 Å². The smallest absolute Gasteiger partial charge is 0.326 e. The molecule has 0 spiro atoms. The number of amides is 2. The van der Waals surface area contributed by atoms with Gasteiger partial charge >= 0.3 is 5.97 Å². The Bertz CT molecular complexity index is 702. The van der Waals surface area contributed by atoms with E-state index in [1.54, 1.807) is 30.1 Å². The molecule has 7 nitrogen and oxygen atoms in total. The van der Waals surface area contributed by atoms with Gasteiger partial charge in [0.25, 0.3) is 5.91 Å². The standard InChI is InChI=1S/C17H20N2O5/c1-18-13-5-3-11(7-10(13)4-6-15(18)20)16(21)19-9-12(24-2)8-14(19)17(22)23/h3,5,7,12,14H,4,6,8-9H2,1-2H3,(H,22,23). The van der Waals surface area contributed by atoms with Gasteiger partial charge < -0.3 is 19.6 Å². The number of nitrogens with zero attached hydrogens (tertiary/aromatic N) is 2. The fourth-order valence-corrected chi connectivity index (χ4v) is 3.38. The van der Waals surface area contributed by atoms with E-state index in [1.165, 1.54) is 12.0 Å². The van der Waals surface area contributed by atoms with Crippen LogP contribution in [-0.4, -0.2) is 60.6 Å². The van der Waals surface area contributed by atoms with Crippen molar-refractivity contribution in [2.45, 2.75) is 31.4 Å². The van der Waals surface area contributed by atoms with E-state index in [9.17, 15) is 19.5 Å². The van der Waals surface area contributed by atoms with Crippen molar-refractivity contribution in [2.75, 3.05) is 25.6 Å². The molecule has 0 radical (unpaired) electrons. The van der Waals surface area contributed by atoms with Crippen LogP contribution in [0.4, 0.5) is 5.69 Å². The molecule has 2 unspecified atom stereocenters. The number of carbonyl (C=O) groups is 3. The van der Waals surface area contributed by atoms with Crippen LogP contribution in [0, 0.1) is 0 Å². The minimum absolute atomic E-state index is 0.0509. The maximum Gasteiger partial charge on any atom is 0.326 e. The molecule has 0 bridgehead atoms. The summed E-state index contributed by atoms with van der Waals surface area (Å²) in [7, 11) is 3.23. The molecule has 2 heterocycles. The van der Waals surface area contributed by atoms with Crippen molar-refractivity contribution in [1.29, 1.82) is 0 Å². The molecule has 0 saturated carbocycles. The number of carboxylic acids is 1. The zero-order valence-corrected chi connectivity index (χ0v) is 13.7.